The van der Waals surface area contributed by atoms with Gasteiger partial charge in [-0.15, -0.1) is 0 Å². The van der Waals surface area contributed by atoms with Gasteiger partial charge < -0.3 is 10.1 Å². The van der Waals surface area contributed by atoms with Gasteiger partial charge in [-0.25, -0.2) is 8.42 Å². The van der Waals surface area contributed by atoms with E-state index in [9.17, 15) is 18.0 Å². The van der Waals surface area contributed by atoms with Crippen LogP contribution < -0.4 is 19.3 Å². The molecule has 0 fully saturated rings. The van der Waals surface area contributed by atoms with E-state index in [0.717, 1.165) is 4.31 Å². The van der Waals surface area contributed by atoms with E-state index in [4.69, 9.17) is 16.3 Å². The maximum Gasteiger partial charge on any atom is 0.264 e. The van der Waals surface area contributed by atoms with Crippen LogP contribution in [0.25, 0.3) is 0 Å². The summed E-state index contributed by atoms with van der Waals surface area (Å²) >= 11 is 6.16. The van der Waals surface area contributed by atoms with Gasteiger partial charge in [0.15, 0.2) is 0 Å². The summed E-state index contributed by atoms with van der Waals surface area (Å²) in [5.74, 6) is -0.734. The first-order chi connectivity index (χ1) is 15.8. The van der Waals surface area contributed by atoms with Gasteiger partial charge in [0.25, 0.3) is 10.0 Å². The third kappa shape index (κ3) is 4.50. The van der Waals surface area contributed by atoms with Gasteiger partial charge in [-0.05, 0) is 42.5 Å². The zero-order valence-corrected chi connectivity index (χ0v) is 19.1. The minimum Gasteiger partial charge on any atom is -0.495 e. The number of carbonyl (C=O) groups is 2. The van der Waals surface area contributed by atoms with Gasteiger partial charge in [0.1, 0.15) is 18.8 Å². The molecule has 1 aliphatic rings. The number of hydrogen-bond donors (Lipinski definition) is 1. The first kappa shape index (κ1) is 22.6. The normalized spacial score (nSPS) is 13.2. The summed E-state index contributed by atoms with van der Waals surface area (Å²) in [6.45, 7) is -0.808. The topological polar surface area (TPSA) is 96.0 Å². The first-order valence-electron chi connectivity index (χ1n) is 9.92. The number of anilines is 3. The zero-order valence-electron chi connectivity index (χ0n) is 17.6. The SMILES string of the molecule is COc1ccc(Cl)cc1N(CC(=O)N1CC(=O)Nc2ccccc21)S(=O)(=O)c1ccccc1. The number of benzene rings is 3. The third-order valence-electron chi connectivity index (χ3n) is 5.09. The lowest BCUT2D eigenvalue weighted by molar-refractivity contribution is -0.121. The standard InChI is InChI=1S/C23H20ClN3O5S/c1-32-21-12-11-16(24)13-20(21)27(33(30,31)17-7-3-2-4-8-17)15-23(29)26-14-22(28)25-18-9-5-6-10-19(18)26/h2-13H,14-15H2,1H3,(H,25,28). The van der Waals surface area contributed by atoms with Crippen LogP contribution in [-0.4, -0.2) is 40.4 Å². The van der Waals surface area contributed by atoms with Gasteiger partial charge >= 0.3 is 0 Å². The highest BCUT2D eigenvalue weighted by atomic mass is 35.5. The minimum atomic E-state index is -4.18. The van der Waals surface area contributed by atoms with Crippen molar-refractivity contribution in [3.05, 3.63) is 77.8 Å². The Balaban J connectivity index is 1.79. The van der Waals surface area contributed by atoms with Crippen LogP contribution in [0, 0.1) is 0 Å². The lowest BCUT2D eigenvalue weighted by atomic mass is 10.2. The Morgan fingerprint density at radius 2 is 1.79 bits per heavy atom. The maximum absolute atomic E-state index is 13.6. The summed E-state index contributed by atoms with van der Waals surface area (Å²) in [7, 11) is -2.79. The molecule has 33 heavy (non-hydrogen) atoms. The van der Waals surface area contributed by atoms with Crippen LogP contribution in [0.4, 0.5) is 17.1 Å². The number of sulfonamides is 1. The highest BCUT2D eigenvalue weighted by Crippen LogP contribution is 2.36. The van der Waals surface area contributed by atoms with Crippen LogP contribution in [0.5, 0.6) is 5.75 Å². The number of hydrogen-bond acceptors (Lipinski definition) is 5. The molecule has 170 valence electrons. The van der Waals surface area contributed by atoms with Crippen molar-refractivity contribution in [2.24, 2.45) is 0 Å². The Morgan fingerprint density at radius 1 is 1.09 bits per heavy atom. The second kappa shape index (κ2) is 9.13. The van der Waals surface area contributed by atoms with Gasteiger partial charge in [-0.2, -0.15) is 0 Å². The number of methoxy groups -OCH3 is 1. The lowest BCUT2D eigenvalue weighted by Crippen LogP contribution is -2.48. The lowest BCUT2D eigenvalue weighted by Gasteiger charge is -2.32. The molecule has 0 radical (unpaired) electrons. The molecule has 8 nitrogen and oxygen atoms in total. The van der Waals surface area contributed by atoms with Crippen molar-refractivity contribution in [1.82, 2.24) is 0 Å². The molecule has 0 spiro atoms. The monoisotopic (exact) mass is 485 g/mol. The number of rotatable bonds is 6. The number of fused-ring (bicyclic) bond motifs is 1. The summed E-state index contributed by atoms with van der Waals surface area (Å²) in [5, 5.41) is 2.98. The Morgan fingerprint density at radius 3 is 2.52 bits per heavy atom. The van der Waals surface area contributed by atoms with Crippen molar-refractivity contribution in [3.63, 3.8) is 0 Å². The molecular weight excluding hydrogens is 466 g/mol. The van der Waals surface area contributed by atoms with E-state index < -0.39 is 22.5 Å². The fourth-order valence-corrected chi connectivity index (χ4v) is 5.15. The minimum absolute atomic E-state index is 0.00313. The maximum atomic E-state index is 13.6. The predicted octanol–water partition coefficient (Wildman–Crippen LogP) is 3.53. The molecule has 2 amide bonds. The summed E-state index contributed by atoms with van der Waals surface area (Å²) in [6.07, 6.45) is 0. The highest BCUT2D eigenvalue weighted by molar-refractivity contribution is 7.92. The van der Waals surface area contributed by atoms with Crippen molar-refractivity contribution < 1.29 is 22.7 Å². The average Bonchev–Trinajstić information content (AvgIpc) is 2.82. The molecule has 0 aliphatic carbocycles. The second-order valence-corrected chi connectivity index (χ2v) is 9.48. The van der Waals surface area contributed by atoms with E-state index in [1.54, 1.807) is 48.5 Å². The Bertz CT molecular complexity index is 1310. The molecule has 3 aromatic rings. The molecule has 0 saturated carbocycles. The average molecular weight is 486 g/mol. The second-order valence-electron chi connectivity index (χ2n) is 7.19. The van der Waals surface area contributed by atoms with Gasteiger partial charge in [0.05, 0.1) is 29.1 Å². The summed E-state index contributed by atoms with van der Waals surface area (Å²) < 4.78 is 33.5. The summed E-state index contributed by atoms with van der Waals surface area (Å²) in [5.41, 5.74) is 1.06. The van der Waals surface area contributed by atoms with Crippen molar-refractivity contribution >= 4 is 50.5 Å². The van der Waals surface area contributed by atoms with Gasteiger partial charge in [-0.3, -0.25) is 18.8 Å². The third-order valence-corrected chi connectivity index (χ3v) is 7.10. The number of carbonyl (C=O) groups excluding carboxylic acids is 2. The summed E-state index contributed by atoms with van der Waals surface area (Å²) in [6, 6.07) is 19.1. The number of ether oxygens (including phenoxy) is 1. The van der Waals surface area contributed by atoms with Gasteiger partial charge in [0, 0.05) is 5.02 Å². The van der Waals surface area contributed by atoms with Crippen molar-refractivity contribution in [2.75, 3.05) is 34.7 Å². The van der Waals surface area contributed by atoms with Crippen LogP contribution in [0.2, 0.25) is 5.02 Å². The Hall–Kier alpha value is -3.56. The van der Waals surface area contributed by atoms with Crippen LogP contribution in [0.1, 0.15) is 0 Å². The molecule has 0 unspecified atom stereocenters. The van der Waals surface area contributed by atoms with E-state index in [1.807, 2.05) is 0 Å². The zero-order chi connectivity index (χ0) is 23.6. The molecule has 1 aliphatic heterocycles. The quantitative estimate of drug-likeness (QED) is 0.576. The molecular formula is C23H20ClN3O5S. The van der Waals surface area contributed by atoms with E-state index in [2.05, 4.69) is 5.32 Å². The van der Waals surface area contributed by atoms with Crippen molar-refractivity contribution in [3.8, 4) is 5.75 Å². The summed E-state index contributed by atoms with van der Waals surface area (Å²) in [4.78, 5) is 26.9. The van der Waals surface area contributed by atoms with Crippen molar-refractivity contribution in [2.45, 2.75) is 4.90 Å². The first-order valence-corrected chi connectivity index (χ1v) is 11.7. The van der Waals surface area contributed by atoms with Gasteiger partial charge in [0.2, 0.25) is 11.8 Å². The Kier molecular flexibility index (Phi) is 6.26. The number of halogens is 1. The van der Waals surface area contributed by atoms with Crippen LogP contribution in [0.3, 0.4) is 0 Å². The number of nitrogens with zero attached hydrogens (tertiary/aromatic N) is 2. The van der Waals surface area contributed by atoms with Crippen LogP contribution in [-0.2, 0) is 19.6 Å². The van der Waals surface area contributed by atoms with Crippen molar-refractivity contribution in [1.29, 1.82) is 0 Å². The number of para-hydroxylation sites is 2. The molecule has 3 aromatic carbocycles. The number of amides is 2. The molecule has 0 aromatic heterocycles. The molecule has 1 N–H and O–H groups in total. The molecule has 10 heteroatoms. The molecule has 1 heterocycles. The fraction of sp³-hybridized carbons (Fsp3) is 0.130. The van der Waals surface area contributed by atoms with E-state index in [1.165, 1.54) is 36.3 Å². The molecule has 0 saturated heterocycles. The molecule has 0 bridgehead atoms. The molecule has 0 atom stereocenters. The van der Waals surface area contributed by atoms with Crippen LogP contribution >= 0.6 is 11.6 Å². The highest BCUT2D eigenvalue weighted by Gasteiger charge is 2.33. The largest absolute Gasteiger partial charge is 0.495 e. The van der Waals surface area contributed by atoms with Gasteiger partial charge in [-0.1, -0.05) is 41.9 Å². The van der Waals surface area contributed by atoms with E-state index in [-0.39, 0.29) is 33.8 Å². The van der Waals surface area contributed by atoms with Crippen LogP contribution in [0.15, 0.2) is 77.7 Å². The Labute approximate surface area is 196 Å². The van der Waals surface area contributed by atoms with E-state index >= 15 is 0 Å². The number of nitrogens with one attached hydrogen (secondary N) is 1. The molecule has 4 rings (SSSR count). The predicted molar refractivity (Wildman–Crippen MR) is 126 cm³/mol. The smallest absolute Gasteiger partial charge is 0.264 e. The van der Waals surface area contributed by atoms with E-state index in [0.29, 0.717) is 11.4 Å². The fourth-order valence-electron chi connectivity index (χ4n) is 3.54.